The molecule has 0 unspecified atom stereocenters. The van der Waals surface area contributed by atoms with E-state index in [0.717, 1.165) is 35.4 Å². The average Bonchev–Trinajstić information content (AvgIpc) is 3.61. The highest BCUT2D eigenvalue weighted by Gasteiger charge is 2.50. The minimum atomic E-state index is -0.651. The van der Waals surface area contributed by atoms with Crippen LogP contribution in [0.5, 0.6) is 0 Å². The first kappa shape index (κ1) is 25.1. The van der Waals surface area contributed by atoms with Gasteiger partial charge < -0.3 is 19.5 Å². The maximum absolute atomic E-state index is 14.0. The number of unbranched alkanes of at least 4 members (excludes halogenated alkanes) is 1. The summed E-state index contributed by atoms with van der Waals surface area (Å²) in [5.74, 6) is 0.696. The van der Waals surface area contributed by atoms with Crippen molar-refractivity contribution in [2.75, 3.05) is 4.90 Å². The van der Waals surface area contributed by atoms with E-state index in [1.54, 1.807) is 4.90 Å². The fourth-order valence-electron chi connectivity index (χ4n) is 4.98. The summed E-state index contributed by atoms with van der Waals surface area (Å²) in [6, 6.07) is 17.6. The first-order valence-corrected chi connectivity index (χ1v) is 13.1. The first-order valence-electron chi connectivity index (χ1n) is 12.7. The van der Waals surface area contributed by atoms with Crippen molar-refractivity contribution < 1.29 is 14.3 Å². The number of halogens is 1. The standard InChI is InChI=1S/C28H30ClN5O3/c1-28(16-22(17-28)37-27(36)31-20-10-11-20)26(35)34(21-7-3-2-4-8-21)18-25-32-23-15-19(29)9-12-24(23)33(25)14-6-5-13-30/h2-4,7-9,12,15,20,22H,5-6,10-11,14,16-18H2,1H3,(H,31,36)/t22-,28-. The molecule has 2 amide bonds. The van der Waals surface area contributed by atoms with Crippen LogP contribution < -0.4 is 10.2 Å². The summed E-state index contributed by atoms with van der Waals surface area (Å²) in [7, 11) is 0. The number of hydrogen-bond donors (Lipinski definition) is 1. The molecule has 2 aliphatic rings. The Morgan fingerprint density at radius 2 is 2.00 bits per heavy atom. The average molecular weight is 520 g/mol. The normalized spacial score (nSPS) is 20.6. The fourth-order valence-corrected chi connectivity index (χ4v) is 5.14. The van der Waals surface area contributed by atoms with Crippen LogP contribution in [0.2, 0.25) is 5.02 Å². The molecule has 2 aliphatic carbocycles. The number of nitriles is 1. The van der Waals surface area contributed by atoms with E-state index in [2.05, 4.69) is 16.0 Å². The molecule has 2 aromatic carbocycles. The molecule has 0 spiro atoms. The molecule has 0 bridgehead atoms. The van der Waals surface area contributed by atoms with Crippen LogP contribution in [0.15, 0.2) is 48.5 Å². The number of imidazole rings is 1. The molecule has 8 nitrogen and oxygen atoms in total. The molecule has 5 rings (SSSR count). The third-order valence-corrected chi connectivity index (χ3v) is 7.35. The molecular formula is C28H30ClN5O3. The number of aromatic nitrogens is 2. The van der Waals surface area contributed by atoms with Crippen LogP contribution >= 0.6 is 11.6 Å². The zero-order valence-electron chi connectivity index (χ0n) is 20.8. The van der Waals surface area contributed by atoms with Crippen LogP contribution in [0.25, 0.3) is 11.0 Å². The van der Waals surface area contributed by atoms with E-state index in [1.807, 2.05) is 55.5 Å². The molecular weight excluding hydrogens is 490 g/mol. The molecule has 1 N–H and O–H groups in total. The van der Waals surface area contributed by atoms with Gasteiger partial charge in [-0.1, -0.05) is 36.7 Å². The van der Waals surface area contributed by atoms with Crippen LogP contribution in [-0.4, -0.2) is 33.7 Å². The molecule has 0 aliphatic heterocycles. The van der Waals surface area contributed by atoms with E-state index in [1.165, 1.54) is 0 Å². The van der Waals surface area contributed by atoms with Crippen LogP contribution in [0.4, 0.5) is 10.5 Å². The van der Waals surface area contributed by atoms with E-state index in [9.17, 15) is 9.59 Å². The molecule has 1 heterocycles. The van der Waals surface area contributed by atoms with Crippen LogP contribution in [-0.2, 0) is 22.6 Å². The van der Waals surface area contributed by atoms with Crippen molar-refractivity contribution in [2.24, 2.45) is 5.41 Å². The highest BCUT2D eigenvalue weighted by molar-refractivity contribution is 6.31. The third-order valence-electron chi connectivity index (χ3n) is 7.12. The number of para-hydroxylation sites is 1. The maximum Gasteiger partial charge on any atom is 0.407 e. The maximum atomic E-state index is 14.0. The number of carbonyl (C=O) groups is 2. The monoisotopic (exact) mass is 519 g/mol. The number of hydrogen-bond acceptors (Lipinski definition) is 5. The van der Waals surface area contributed by atoms with Gasteiger partial charge in [0.15, 0.2) is 0 Å². The molecule has 2 saturated carbocycles. The summed E-state index contributed by atoms with van der Waals surface area (Å²) in [4.78, 5) is 32.6. The summed E-state index contributed by atoms with van der Waals surface area (Å²) in [6.07, 6.45) is 3.38. The number of aryl methyl sites for hydroxylation is 1. The summed E-state index contributed by atoms with van der Waals surface area (Å²) in [5, 5.41) is 12.5. The Kier molecular flexibility index (Phi) is 7.07. The number of amides is 2. The Labute approximate surface area is 221 Å². The number of benzene rings is 2. The number of nitrogens with one attached hydrogen (secondary N) is 1. The molecule has 37 heavy (non-hydrogen) atoms. The second-order valence-corrected chi connectivity index (χ2v) is 10.7. The number of anilines is 1. The van der Waals surface area contributed by atoms with Gasteiger partial charge in [0.2, 0.25) is 5.91 Å². The quantitative estimate of drug-likeness (QED) is 0.372. The highest BCUT2D eigenvalue weighted by atomic mass is 35.5. The molecule has 3 aromatic rings. The van der Waals surface area contributed by atoms with Gasteiger partial charge in [0.1, 0.15) is 11.9 Å². The van der Waals surface area contributed by atoms with Gasteiger partial charge in [-0.3, -0.25) is 4.79 Å². The van der Waals surface area contributed by atoms with Gasteiger partial charge in [0.05, 0.1) is 29.1 Å². The Hall–Kier alpha value is -3.57. The lowest BCUT2D eigenvalue weighted by Gasteiger charge is -2.45. The number of ether oxygens (including phenoxy) is 1. The zero-order chi connectivity index (χ0) is 26.0. The Morgan fingerprint density at radius 1 is 1.24 bits per heavy atom. The molecule has 9 heteroatoms. The number of alkyl carbamates (subject to hydrolysis) is 1. The minimum absolute atomic E-state index is 0.0326. The fraction of sp³-hybridized carbons (Fsp3) is 0.429. The molecule has 192 valence electrons. The van der Waals surface area contributed by atoms with Gasteiger partial charge in [-0.25, -0.2) is 9.78 Å². The molecule has 0 atom stereocenters. The number of fused-ring (bicyclic) bond motifs is 1. The molecule has 1 aromatic heterocycles. The predicted molar refractivity (Wildman–Crippen MR) is 141 cm³/mol. The van der Waals surface area contributed by atoms with E-state index in [4.69, 9.17) is 26.6 Å². The van der Waals surface area contributed by atoms with Crippen molar-refractivity contribution in [2.45, 2.75) is 70.7 Å². The summed E-state index contributed by atoms with van der Waals surface area (Å²) >= 11 is 6.23. The Bertz CT molecular complexity index is 1340. The topological polar surface area (TPSA) is 100 Å². The number of carbonyl (C=O) groups excluding carboxylic acids is 2. The van der Waals surface area contributed by atoms with Crippen molar-refractivity contribution in [3.63, 3.8) is 0 Å². The number of rotatable bonds is 9. The van der Waals surface area contributed by atoms with Gasteiger partial charge in [-0.2, -0.15) is 5.26 Å². The van der Waals surface area contributed by atoms with Gasteiger partial charge in [0.25, 0.3) is 0 Å². The third kappa shape index (κ3) is 5.57. The largest absolute Gasteiger partial charge is 0.446 e. The van der Waals surface area contributed by atoms with Crippen LogP contribution in [0.1, 0.15) is 51.3 Å². The molecule has 0 radical (unpaired) electrons. The SMILES string of the molecule is C[C@]1(C(=O)N(Cc2nc3cc(Cl)ccc3n2CCCC#N)c2ccccc2)C[C@H](OC(=O)NC2CC2)C1. The van der Waals surface area contributed by atoms with E-state index in [0.29, 0.717) is 37.3 Å². The van der Waals surface area contributed by atoms with Crippen molar-refractivity contribution in [1.82, 2.24) is 14.9 Å². The van der Waals surface area contributed by atoms with Crippen molar-refractivity contribution >= 4 is 40.3 Å². The Morgan fingerprint density at radius 3 is 2.70 bits per heavy atom. The molecule has 0 saturated heterocycles. The molecule has 2 fully saturated rings. The highest BCUT2D eigenvalue weighted by Crippen LogP contribution is 2.45. The van der Waals surface area contributed by atoms with Crippen molar-refractivity contribution in [3.8, 4) is 6.07 Å². The van der Waals surface area contributed by atoms with E-state index in [-0.39, 0.29) is 24.6 Å². The Balaban J connectivity index is 1.39. The lowest BCUT2D eigenvalue weighted by molar-refractivity contribution is -0.139. The van der Waals surface area contributed by atoms with Crippen molar-refractivity contribution in [1.29, 1.82) is 5.26 Å². The van der Waals surface area contributed by atoms with Gasteiger partial charge in [0, 0.05) is 29.7 Å². The van der Waals surface area contributed by atoms with Gasteiger partial charge in [-0.15, -0.1) is 0 Å². The van der Waals surface area contributed by atoms with E-state index >= 15 is 0 Å². The van der Waals surface area contributed by atoms with Crippen molar-refractivity contribution in [3.05, 3.63) is 59.4 Å². The minimum Gasteiger partial charge on any atom is -0.446 e. The first-order chi connectivity index (χ1) is 17.9. The second-order valence-electron chi connectivity index (χ2n) is 10.2. The lowest BCUT2D eigenvalue weighted by Crippen LogP contribution is -2.53. The summed E-state index contributed by atoms with van der Waals surface area (Å²) in [5.41, 5.74) is 1.80. The zero-order valence-corrected chi connectivity index (χ0v) is 21.6. The number of nitrogens with zero attached hydrogens (tertiary/aromatic N) is 4. The van der Waals surface area contributed by atoms with Gasteiger partial charge >= 0.3 is 6.09 Å². The second kappa shape index (κ2) is 10.4. The van der Waals surface area contributed by atoms with Crippen LogP contribution in [0.3, 0.4) is 0 Å². The van der Waals surface area contributed by atoms with Gasteiger partial charge in [-0.05, 0) is 62.4 Å². The predicted octanol–water partition coefficient (Wildman–Crippen LogP) is 5.58. The summed E-state index contributed by atoms with van der Waals surface area (Å²) < 4.78 is 7.61. The smallest absolute Gasteiger partial charge is 0.407 e. The summed E-state index contributed by atoms with van der Waals surface area (Å²) in [6.45, 7) is 2.81. The van der Waals surface area contributed by atoms with E-state index < -0.39 is 11.5 Å². The van der Waals surface area contributed by atoms with Crippen LogP contribution in [0, 0.1) is 16.7 Å². The lowest BCUT2D eigenvalue weighted by atomic mass is 9.67.